The van der Waals surface area contributed by atoms with Gasteiger partial charge in [0.2, 0.25) is 11.7 Å². The standard InChI is InChI=1S/C12H16N2O3/c1-7(2)6-17-10-5-9(8-3-4-8)13-11(14-10)12(15)16/h5,7-8H,3-4,6H2,1-2H3,(H,15,16). The lowest BCUT2D eigenvalue weighted by Crippen LogP contribution is -2.11. The molecule has 0 unspecified atom stereocenters. The van der Waals surface area contributed by atoms with Gasteiger partial charge in [0.15, 0.2) is 0 Å². The first-order valence-corrected chi connectivity index (χ1v) is 5.81. The van der Waals surface area contributed by atoms with E-state index in [0.29, 0.717) is 24.3 Å². The summed E-state index contributed by atoms with van der Waals surface area (Å²) in [5.74, 6) is -0.150. The molecule has 1 aliphatic carbocycles. The lowest BCUT2D eigenvalue weighted by molar-refractivity contribution is 0.0681. The highest BCUT2D eigenvalue weighted by Crippen LogP contribution is 2.39. The highest BCUT2D eigenvalue weighted by atomic mass is 16.5. The second-order valence-electron chi connectivity index (χ2n) is 4.74. The third-order valence-electron chi connectivity index (χ3n) is 2.47. The van der Waals surface area contributed by atoms with Crippen LogP contribution in [0.5, 0.6) is 5.88 Å². The molecule has 1 saturated carbocycles. The monoisotopic (exact) mass is 236 g/mol. The van der Waals surface area contributed by atoms with E-state index in [1.807, 2.05) is 13.8 Å². The van der Waals surface area contributed by atoms with Crippen LogP contribution in [0.2, 0.25) is 0 Å². The Morgan fingerprint density at radius 1 is 1.53 bits per heavy atom. The van der Waals surface area contributed by atoms with Crippen LogP contribution in [0.1, 0.15) is 48.9 Å². The van der Waals surface area contributed by atoms with Crippen LogP contribution >= 0.6 is 0 Å². The van der Waals surface area contributed by atoms with E-state index in [1.165, 1.54) is 0 Å². The predicted molar refractivity (Wildman–Crippen MR) is 61.3 cm³/mol. The number of carbonyl (C=O) groups is 1. The number of nitrogens with zero attached hydrogens (tertiary/aromatic N) is 2. The second-order valence-corrected chi connectivity index (χ2v) is 4.74. The van der Waals surface area contributed by atoms with Crippen LogP contribution < -0.4 is 4.74 Å². The maximum absolute atomic E-state index is 10.9. The summed E-state index contributed by atoms with van der Waals surface area (Å²) >= 11 is 0. The number of carboxylic acid groups (broad SMARTS) is 1. The van der Waals surface area contributed by atoms with Gasteiger partial charge >= 0.3 is 5.97 Å². The minimum absolute atomic E-state index is 0.173. The van der Waals surface area contributed by atoms with Gasteiger partial charge in [0, 0.05) is 12.0 Å². The van der Waals surface area contributed by atoms with Crippen molar-refractivity contribution in [1.82, 2.24) is 9.97 Å². The predicted octanol–water partition coefficient (Wildman–Crippen LogP) is 2.09. The van der Waals surface area contributed by atoms with Crippen molar-refractivity contribution in [2.75, 3.05) is 6.61 Å². The Morgan fingerprint density at radius 3 is 2.76 bits per heavy atom. The van der Waals surface area contributed by atoms with Gasteiger partial charge < -0.3 is 9.84 Å². The lowest BCUT2D eigenvalue weighted by Gasteiger charge is -2.09. The molecule has 0 saturated heterocycles. The summed E-state index contributed by atoms with van der Waals surface area (Å²) in [6.45, 7) is 4.59. The Morgan fingerprint density at radius 2 is 2.24 bits per heavy atom. The average molecular weight is 236 g/mol. The van der Waals surface area contributed by atoms with E-state index in [9.17, 15) is 4.79 Å². The van der Waals surface area contributed by atoms with E-state index in [-0.39, 0.29) is 5.82 Å². The molecule has 0 bridgehead atoms. The molecule has 0 atom stereocenters. The maximum atomic E-state index is 10.9. The van der Waals surface area contributed by atoms with Gasteiger partial charge in [-0.25, -0.2) is 9.78 Å². The molecule has 1 N–H and O–H groups in total. The average Bonchev–Trinajstić information content (AvgIpc) is 3.09. The molecule has 0 aromatic carbocycles. The molecule has 92 valence electrons. The molecular formula is C12H16N2O3. The molecule has 0 amide bonds. The van der Waals surface area contributed by atoms with E-state index < -0.39 is 5.97 Å². The zero-order valence-corrected chi connectivity index (χ0v) is 10.0. The Balaban J connectivity index is 2.21. The summed E-state index contributed by atoms with van der Waals surface area (Å²) in [6, 6.07) is 1.76. The third-order valence-corrected chi connectivity index (χ3v) is 2.47. The molecule has 1 aliphatic rings. The molecule has 0 radical (unpaired) electrons. The van der Waals surface area contributed by atoms with Gasteiger partial charge in [0.05, 0.1) is 12.3 Å². The first-order chi connectivity index (χ1) is 8.06. The van der Waals surface area contributed by atoms with Crippen LogP contribution in [0.15, 0.2) is 6.07 Å². The maximum Gasteiger partial charge on any atom is 0.374 e. The summed E-state index contributed by atoms with van der Waals surface area (Å²) in [5, 5.41) is 8.93. The van der Waals surface area contributed by atoms with Crippen LogP contribution in [0.4, 0.5) is 0 Å². The fourth-order valence-electron chi connectivity index (χ4n) is 1.45. The molecule has 0 aliphatic heterocycles. The summed E-state index contributed by atoms with van der Waals surface area (Å²) < 4.78 is 5.46. The van der Waals surface area contributed by atoms with Gasteiger partial charge in [-0.15, -0.1) is 0 Å². The Bertz CT molecular complexity index is 428. The molecule has 5 nitrogen and oxygen atoms in total. The van der Waals surface area contributed by atoms with Gasteiger partial charge in [0.25, 0.3) is 0 Å². The van der Waals surface area contributed by atoms with Crippen LogP contribution in [0, 0.1) is 5.92 Å². The van der Waals surface area contributed by atoms with E-state index in [4.69, 9.17) is 9.84 Å². The molecule has 17 heavy (non-hydrogen) atoms. The number of aromatic carboxylic acids is 1. The van der Waals surface area contributed by atoms with Crippen molar-refractivity contribution in [1.29, 1.82) is 0 Å². The summed E-state index contributed by atoms with van der Waals surface area (Å²) in [5.41, 5.74) is 0.788. The minimum atomic E-state index is -1.11. The fourth-order valence-corrected chi connectivity index (χ4v) is 1.45. The topological polar surface area (TPSA) is 72.3 Å². The zero-order valence-electron chi connectivity index (χ0n) is 10.0. The highest BCUT2D eigenvalue weighted by molar-refractivity contribution is 5.83. The fraction of sp³-hybridized carbons (Fsp3) is 0.583. The zero-order chi connectivity index (χ0) is 12.4. The lowest BCUT2D eigenvalue weighted by atomic mass is 10.2. The van der Waals surface area contributed by atoms with Gasteiger partial charge in [-0.1, -0.05) is 13.8 Å². The number of hydrogen-bond donors (Lipinski definition) is 1. The summed E-state index contributed by atoms with van der Waals surface area (Å²) in [6.07, 6.45) is 2.14. The smallest absolute Gasteiger partial charge is 0.374 e. The van der Waals surface area contributed by atoms with Crippen molar-refractivity contribution in [3.63, 3.8) is 0 Å². The van der Waals surface area contributed by atoms with Gasteiger partial charge in [-0.05, 0) is 18.8 Å². The first kappa shape index (κ1) is 11.8. The molecule has 1 aromatic heterocycles. The minimum Gasteiger partial charge on any atom is -0.477 e. The Labute approximate surface area is 99.9 Å². The molecular weight excluding hydrogens is 220 g/mol. The number of hydrogen-bond acceptors (Lipinski definition) is 4. The number of rotatable bonds is 5. The molecule has 0 spiro atoms. The first-order valence-electron chi connectivity index (χ1n) is 5.81. The van der Waals surface area contributed by atoms with Gasteiger partial charge in [-0.2, -0.15) is 4.98 Å². The van der Waals surface area contributed by atoms with Crippen molar-refractivity contribution in [3.05, 3.63) is 17.6 Å². The van der Waals surface area contributed by atoms with Crippen LogP contribution in [-0.2, 0) is 0 Å². The van der Waals surface area contributed by atoms with Crippen LogP contribution in [0.3, 0.4) is 0 Å². The largest absolute Gasteiger partial charge is 0.477 e. The Hall–Kier alpha value is -1.65. The SMILES string of the molecule is CC(C)COc1cc(C2CC2)nc(C(=O)O)n1. The normalized spacial score (nSPS) is 15.0. The highest BCUT2D eigenvalue weighted by Gasteiger charge is 2.27. The molecule has 5 heteroatoms. The third kappa shape index (κ3) is 3.15. The molecule has 1 fully saturated rings. The number of carboxylic acids is 1. The van der Waals surface area contributed by atoms with E-state index in [0.717, 1.165) is 18.5 Å². The van der Waals surface area contributed by atoms with Crippen LogP contribution in [0.25, 0.3) is 0 Å². The molecule has 1 aromatic rings. The van der Waals surface area contributed by atoms with Crippen molar-refractivity contribution >= 4 is 5.97 Å². The Kier molecular flexibility index (Phi) is 3.26. The van der Waals surface area contributed by atoms with Crippen molar-refractivity contribution in [2.45, 2.75) is 32.6 Å². The van der Waals surface area contributed by atoms with E-state index in [2.05, 4.69) is 9.97 Å². The summed E-state index contributed by atoms with van der Waals surface area (Å²) in [4.78, 5) is 18.8. The van der Waals surface area contributed by atoms with Crippen molar-refractivity contribution < 1.29 is 14.6 Å². The van der Waals surface area contributed by atoms with Crippen molar-refractivity contribution in [2.24, 2.45) is 5.92 Å². The number of ether oxygens (including phenoxy) is 1. The quantitative estimate of drug-likeness (QED) is 0.847. The summed E-state index contributed by atoms with van der Waals surface area (Å²) in [7, 11) is 0. The van der Waals surface area contributed by atoms with E-state index in [1.54, 1.807) is 6.07 Å². The van der Waals surface area contributed by atoms with Crippen molar-refractivity contribution in [3.8, 4) is 5.88 Å². The molecule has 2 rings (SSSR count). The van der Waals surface area contributed by atoms with E-state index >= 15 is 0 Å². The van der Waals surface area contributed by atoms with Gasteiger partial charge in [-0.3, -0.25) is 0 Å². The second kappa shape index (κ2) is 4.69. The van der Waals surface area contributed by atoms with Gasteiger partial charge in [0.1, 0.15) is 0 Å². The number of aromatic nitrogens is 2. The molecule has 1 heterocycles. The van der Waals surface area contributed by atoms with Crippen LogP contribution in [-0.4, -0.2) is 27.7 Å².